The van der Waals surface area contributed by atoms with E-state index in [1.165, 1.54) is 0 Å². The molecule has 1 fully saturated rings. The number of likely N-dealkylation sites (N-methyl/N-ethyl adjacent to an activating group) is 1. The van der Waals surface area contributed by atoms with Crippen LogP contribution in [0, 0.1) is 0 Å². The monoisotopic (exact) mass is 362 g/mol. The number of rotatable bonds is 3. The zero-order chi connectivity index (χ0) is 18.2. The van der Waals surface area contributed by atoms with Gasteiger partial charge in [0.15, 0.2) is 0 Å². The summed E-state index contributed by atoms with van der Waals surface area (Å²) >= 11 is 0. The van der Waals surface area contributed by atoms with E-state index >= 15 is 0 Å². The molecule has 1 saturated heterocycles. The van der Waals surface area contributed by atoms with E-state index in [1.54, 1.807) is 0 Å². The van der Waals surface area contributed by atoms with Gasteiger partial charge in [-0.05, 0) is 25.2 Å². The van der Waals surface area contributed by atoms with E-state index in [-0.39, 0.29) is 0 Å². The Morgan fingerprint density at radius 3 is 2.70 bits per heavy atom. The Morgan fingerprint density at radius 1 is 1.00 bits per heavy atom. The summed E-state index contributed by atoms with van der Waals surface area (Å²) in [7, 11) is 2.16. The van der Waals surface area contributed by atoms with Gasteiger partial charge in [0.1, 0.15) is 11.5 Å². The van der Waals surface area contributed by atoms with Crippen LogP contribution in [0.1, 0.15) is 5.69 Å². The summed E-state index contributed by atoms with van der Waals surface area (Å²) in [6.07, 6.45) is 5.67. The molecule has 8 nitrogen and oxygen atoms in total. The maximum absolute atomic E-state index is 4.69. The lowest BCUT2D eigenvalue weighted by atomic mass is 10.3. The Morgan fingerprint density at radius 2 is 1.89 bits per heavy atom. The standard InChI is InChI=1S/C19H22N8/c1-25-6-8-26(9-7-25)15-2-3-17(21-13-15)23-19-22-11-14-10-16-12-20-4-5-27(16)18(14)24-19/h2-3,10-13H,4-9H2,1H3,(H,21,22,23,24). The fourth-order valence-corrected chi connectivity index (χ4v) is 3.60. The maximum Gasteiger partial charge on any atom is 0.230 e. The fraction of sp³-hybridized carbons (Fsp3) is 0.368. The zero-order valence-electron chi connectivity index (χ0n) is 15.3. The highest BCUT2D eigenvalue weighted by atomic mass is 15.3. The minimum atomic E-state index is 0.561. The first-order chi connectivity index (χ1) is 13.3. The highest BCUT2D eigenvalue weighted by Crippen LogP contribution is 2.22. The van der Waals surface area contributed by atoms with Crippen LogP contribution in [0.2, 0.25) is 0 Å². The molecule has 27 heavy (non-hydrogen) atoms. The molecule has 5 rings (SSSR count). The van der Waals surface area contributed by atoms with Crippen molar-refractivity contribution in [2.24, 2.45) is 4.99 Å². The second kappa shape index (κ2) is 6.62. The van der Waals surface area contributed by atoms with Crippen molar-refractivity contribution < 1.29 is 0 Å². The Balaban J connectivity index is 1.35. The molecule has 3 aromatic rings. The summed E-state index contributed by atoms with van der Waals surface area (Å²) in [6, 6.07) is 6.17. The van der Waals surface area contributed by atoms with Crippen LogP contribution in [0.4, 0.5) is 17.5 Å². The predicted molar refractivity (Wildman–Crippen MR) is 107 cm³/mol. The van der Waals surface area contributed by atoms with Gasteiger partial charge in [0.25, 0.3) is 0 Å². The van der Waals surface area contributed by atoms with Crippen molar-refractivity contribution in [3.05, 3.63) is 36.3 Å². The van der Waals surface area contributed by atoms with Crippen molar-refractivity contribution in [1.29, 1.82) is 0 Å². The average Bonchev–Trinajstić information content (AvgIpc) is 3.07. The number of aliphatic imine (C=N–C) groups is 1. The molecule has 0 saturated carbocycles. The van der Waals surface area contributed by atoms with Crippen molar-refractivity contribution in [2.45, 2.75) is 6.54 Å². The fourth-order valence-electron chi connectivity index (χ4n) is 3.60. The number of anilines is 3. The molecule has 0 radical (unpaired) electrons. The van der Waals surface area contributed by atoms with Crippen LogP contribution in [0.15, 0.2) is 35.6 Å². The first-order valence-electron chi connectivity index (χ1n) is 9.29. The van der Waals surface area contributed by atoms with E-state index in [1.807, 2.05) is 24.7 Å². The lowest BCUT2D eigenvalue weighted by Gasteiger charge is -2.33. The number of hydrogen-bond acceptors (Lipinski definition) is 7. The van der Waals surface area contributed by atoms with Crippen LogP contribution in [0.3, 0.4) is 0 Å². The molecule has 3 aromatic heterocycles. The Kier molecular flexibility index (Phi) is 3.97. The van der Waals surface area contributed by atoms with Crippen LogP contribution in [0.5, 0.6) is 0 Å². The third-order valence-electron chi connectivity index (χ3n) is 5.20. The minimum Gasteiger partial charge on any atom is -0.368 e. The number of piperazine rings is 1. The summed E-state index contributed by atoms with van der Waals surface area (Å²) in [5, 5.41) is 4.25. The molecule has 8 heteroatoms. The summed E-state index contributed by atoms with van der Waals surface area (Å²) < 4.78 is 2.18. The number of pyridine rings is 1. The topological polar surface area (TPSA) is 74.5 Å². The molecule has 0 bridgehead atoms. The van der Waals surface area contributed by atoms with Crippen molar-refractivity contribution in [1.82, 2.24) is 24.4 Å². The van der Waals surface area contributed by atoms with Crippen molar-refractivity contribution in [3.8, 4) is 0 Å². The number of nitrogens with one attached hydrogen (secondary N) is 1. The van der Waals surface area contributed by atoms with Crippen LogP contribution >= 0.6 is 0 Å². The highest BCUT2D eigenvalue weighted by Gasteiger charge is 2.15. The third-order valence-corrected chi connectivity index (χ3v) is 5.20. The number of aromatic nitrogens is 4. The van der Waals surface area contributed by atoms with E-state index in [2.05, 4.69) is 58.8 Å². The normalized spacial score (nSPS) is 17.3. The second-order valence-electron chi connectivity index (χ2n) is 7.05. The summed E-state index contributed by atoms with van der Waals surface area (Å²) in [5.74, 6) is 1.31. The smallest absolute Gasteiger partial charge is 0.230 e. The van der Waals surface area contributed by atoms with Gasteiger partial charge in [-0.1, -0.05) is 0 Å². The van der Waals surface area contributed by atoms with Gasteiger partial charge in [0, 0.05) is 50.5 Å². The van der Waals surface area contributed by atoms with Gasteiger partial charge in [-0.15, -0.1) is 0 Å². The molecular weight excluding hydrogens is 340 g/mol. The van der Waals surface area contributed by atoms with Crippen LogP contribution in [-0.2, 0) is 6.54 Å². The molecule has 5 heterocycles. The van der Waals surface area contributed by atoms with Gasteiger partial charge < -0.3 is 19.7 Å². The van der Waals surface area contributed by atoms with Crippen LogP contribution in [-0.4, -0.2) is 70.4 Å². The lowest BCUT2D eigenvalue weighted by Crippen LogP contribution is -2.44. The molecule has 0 aliphatic carbocycles. The quantitative estimate of drug-likeness (QED) is 0.765. The lowest BCUT2D eigenvalue weighted by molar-refractivity contribution is 0.313. The minimum absolute atomic E-state index is 0.561. The van der Waals surface area contributed by atoms with E-state index in [9.17, 15) is 0 Å². The largest absolute Gasteiger partial charge is 0.368 e. The van der Waals surface area contributed by atoms with E-state index < -0.39 is 0 Å². The molecule has 0 atom stereocenters. The molecule has 0 spiro atoms. The van der Waals surface area contributed by atoms with Gasteiger partial charge in [-0.2, -0.15) is 4.98 Å². The molecule has 0 aromatic carbocycles. The van der Waals surface area contributed by atoms with E-state index in [4.69, 9.17) is 0 Å². The SMILES string of the molecule is CN1CCN(c2ccc(Nc3ncc4cc5n(c4n3)CCN=C5)nc2)CC1. The van der Waals surface area contributed by atoms with Crippen molar-refractivity contribution >= 4 is 34.7 Å². The molecular formula is C19H22N8. The number of fused-ring (bicyclic) bond motifs is 3. The maximum atomic E-state index is 4.69. The van der Waals surface area contributed by atoms with Gasteiger partial charge >= 0.3 is 0 Å². The van der Waals surface area contributed by atoms with Crippen LogP contribution in [0.25, 0.3) is 11.0 Å². The van der Waals surface area contributed by atoms with Gasteiger partial charge in [-0.3, -0.25) is 4.99 Å². The number of hydrogen-bond donors (Lipinski definition) is 1. The second-order valence-corrected chi connectivity index (χ2v) is 7.05. The number of nitrogens with zero attached hydrogens (tertiary/aromatic N) is 7. The molecule has 0 unspecified atom stereocenters. The average molecular weight is 362 g/mol. The van der Waals surface area contributed by atoms with E-state index in [0.717, 1.165) is 67.5 Å². The molecule has 2 aliphatic heterocycles. The van der Waals surface area contributed by atoms with Crippen LogP contribution < -0.4 is 10.2 Å². The van der Waals surface area contributed by atoms with Crippen molar-refractivity contribution in [3.63, 3.8) is 0 Å². The summed E-state index contributed by atoms with van der Waals surface area (Å²) in [6.45, 7) is 5.88. The zero-order valence-corrected chi connectivity index (χ0v) is 15.3. The van der Waals surface area contributed by atoms with Gasteiger partial charge in [0.05, 0.1) is 24.1 Å². The Hall–Kier alpha value is -3.00. The molecule has 1 N–H and O–H groups in total. The predicted octanol–water partition coefficient (Wildman–Crippen LogP) is 1.75. The molecule has 0 amide bonds. The van der Waals surface area contributed by atoms with Gasteiger partial charge in [0.2, 0.25) is 5.95 Å². The first-order valence-corrected chi connectivity index (χ1v) is 9.29. The third kappa shape index (κ3) is 3.12. The Labute approximate surface area is 157 Å². The van der Waals surface area contributed by atoms with Gasteiger partial charge in [-0.25, -0.2) is 9.97 Å². The Bertz CT molecular complexity index is 983. The van der Waals surface area contributed by atoms with E-state index in [0.29, 0.717) is 5.95 Å². The molecule has 138 valence electrons. The summed E-state index contributed by atoms with van der Waals surface area (Å²) in [4.78, 5) is 22.7. The first kappa shape index (κ1) is 16.2. The summed E-state index contributed by atoms with van der Waals surface area (Å²) in [5.41, 5.74) is 3.17. The highest BCUT2D eigenvalue weighted by molar-refractivity contribution is 5.89. The van der Waals surface area contributed by atoms with Crippen molar-refractivity contribution in [2.75, 3.05) is 50.0 Å². The molecule has 2 aliphatic rings.